The molecule has 0 aromatic heterocycles. The highest BCUT2D eigenvalue weighted by Crippen LogP contribution is 2.12. The topological polar surface area (TPSA) is 101 Å². The van der Waals surface area contributed by atoms with Crippen LogP contribution >= 0.6 is 0 Å². The molecule has 0 fully saturated rings. The van der Waals surface area contributed by atoms with Gasteiger partial charge in [-0.1, -0.05) is 60.7 Å². The van der Waals surface area contributed by atoms with E-state index in [-0.39, 0.29) is 17.2 Å². The molecule has 2 N–H and O–H groups in total. The Morgan fingerprint density at radius 3 is 2.00 bits per heavy atom. The summed E-state index contributed by atoms with van der Waals surface area (Å²) in [5.41, 5.74) is 2.17. The van der Waals surface area contributed by atoms with Gasteiger partial charge in [-0.25, -0.2) is 0 Å². The molecule has 0 bridgehead atoms. The maximum absolute atomic E-state index is 12.8. The summed E-state index contributed by atoms with van der Waals surface area (Å²) in [5, 5.41) is 16.5. The number of nitro benzene ring substituents is 1. The molecule has 0 saturated carbocycles. The lowest BCUT2D eigenvalue weighted by Gasteiger charge is -2.19. The maximum Gasteiger partial charge on any atom is 0.269 e. The summed E-state index contributed by atoms with van der Waals surface area (Å²) < 4.78 is 0. The number of nitrogens with zero attached hydrogens (tertiary/aromatic N) is 1. The van der Waals surface area contributed by atoms with Gasteiger partial charge in [0.05, 0.1) is 4.92 Å². The summed E-state index contributed by atoms with van der Waals surface area (Å²) in [7, 11) is 0. The second-order valence-electron chi connectivity index (χ2n) is 7.05. The van der Waals surface area contributed by atoms with Gasteiger partial charge in [0.25, 0.3) is 11.6 Å². The molecule has 31 heavy (non-hydrogen) atoms. The van der Waals surface area contributed by atoms with Gasteiger partial charge in [-0.05, 0) is 29.7 Å². The van der Waals surface area contributed by atoms with E-state index in [4.69, 9.17) is 0 Å². The number of carbonyl (C=O) groups is 2. The number of nitrogens with one attached hydrogen (secondary N) is 2. The van der Waals surface area contributed by atoms with E-state index < -0.39 is 16.9 Å². The molecule has 158 valence electrons. The first kappa shape index (κ1) is 21.7. The molecule has 0 radical (unpaired) electrons. The number of hydrogen-bond acceptors (Lipinski definition) is 4. The minimum atomic E-state index is -0.777. The van der Waals surface area contributed by atoms with Crippen LogP contribution in [0.4, 0.5) is 5.69 Å². The summed E-state index contributed by atoms with van der Waals surface area (Å²) in [5.74, 6) is -0.746. The van der Waals surface area contributed by atoms with Crippen molar-refractivity contribution in [1.82, 2.24) is 10.6 Å². The predicted molar refractivity (Wildman–Crippen MR) is 118 cm³/mol. The quantitative estimate of drug-likeness (QED) is 0.412. The van der Waals surface area contributed by atoms with Crippen LogP contribution in [0.15, 0.2) is 84.9 Å². The lowest BCUT2D eigenvalue weighted by atomic mass is 10.0. The maximum atomic E-state index is 12.8. The zero-order valence-corrected chi connectivity index (χ0v) is 16.9. The molecule has 7 heteroatoms. The molecular weight excluding hydrogens is 394 g/mol. The van der Waals surface area contributed by atoms with Crippen LogP contribution in [0, 0.1) is 10.1 Å². The number of nitro groups is 1. The molecule has 0 saturated heterocycles. The van der Waals surface area contributed by atoms with E-state index in [2.05, 4.69) is 10.6 Å². The monoisotopic (exact) mass is 417 g/mol. The molecule has 0 aliphatic rings. The molecule has 3 aromatic rings. The zero-order valence-electron chi connectivity index (χ0n) is 16.9. The van der Waals surface area contributed by atoms with Crippen molar-refractivity contribution in [3.8, 4) is 0 Å². The van der Waals surface area contributed by atoms with E-state index in [1.54, 1.807) is 0 Å². The standard InChI is InChI=1S/C24H23N3O4/c28-23(20-11-13-21(14-12-20)27(30)31)26-22(17-19-9-5-2-6-10-19)24(29)25-16-15-18-7-3-1-4-8-18/h1-14,22H,15-17H2,(H,25,29)(H,26,28). The van der Waals surface area contributed by atoms with Crippen LogP contribution in [-0.4, -0.2) is 29.3 Å². The predicted octanol–water partition coefficient (Wildman–Crippen LogP) is 3.29. The zero-order chi connectivity index (χ0) is 22.1. The molecule has 0 heterocycles. The summed E-state index contributed by atoms with van der Waals surface area (Å²) >= 11 is 0. The van der Waals surface area contributed by atoms with Crippen molar-refractivity contribution >= 4 is 17.5 Å². The van der Waals surface area contributed by atoms with E-state index in [0.29, 0.717) is 19.4 Å². The lowest BCUT2D eigenvalue weighted by molar-refractivity contribution is -0.384. The van der Waals surface area contributed by atoms with Gasteiger partial charge >= 0.3 is 0 Å². The SMILES string of the molecule is O=C(NC(Cc1ccccc1)C(=O)NCCc1ccccc1)c1ccc([N+](=O)[O-])cc1. The Morgan fingerprint density at radius 1 is 0.839 bits per heavy atom. The second-order valence-corrected chi connectivity index (χ2v) is 7.05. The number of amides is 2. The van der Waals surface area contributed by atoms with Crippen molar-refractivity contribution in [3.63, 3.8) is 0 Å². The van der Waals surface area contributed by atoms with Crippen molar-refractivity contribution in [3.05, 3.63) is 112 Å². The Kier molecular flexibility index (Phi) is 7.48. The second kappa shape index (κ2) is 10.7. The van der Waals surface area contributed by atoms with Gasteiger partial charge < -0.3 is 10.6 Å². The molecule has 1 unspecified atom stereocenters. The van der Waals surface area contributed by atoms with E-state index >= 15 is 0 Å². The first-order chi connectivity index (χ1) is 15.0. The number of rotatable bonds is 9. The number of non-ortho nitro benzene ring substituents is 1. The Hall–Kier alpha value is -4.00. The molecule has 7 nitrogen and oxygen atoms in total. The average molecular weight is 417 g/mol. The van der Waals surface area contributed by atoms with E-state index in [1.807, 2.05) is 60.7 Å². The first-order valence-corrected chi connectivity index (χ1v) is 9.94. The van der Waals surface area contributed by atoms with Crippen LogP contribution in [-0.2, 0) is 17.6 Å². The fourth-order valence-corrected chi connectivity index (χ4v) is 3.13. The van der Waals surface area contributed by atoms with Gasteiger partial charge in [0, 0.05) is 30.7 Å². The highest BCUT2D eigenvalue weighted by Gasteiger charge is 2.22. The Labute approximate surface area is 180 Å². The molecular formula is C24H23N3O4. The highest BCUT2D eigenvalue weighted by atomic mass is 16.6. The summed E-state index contributed by atoms with van der Waals surface area (Å²) in [6.45, 7) is 0.446. The van der Waals surface area contributed by atoms with E-state index in [0.717, 1.165) is 11.1 Å². The molecule has 0 spiro atoms. The summed E-state index contributed by atoms with van der Waals surface area (Å²) in [4.78, 5) is 35.8. The van der Waals surface area contributed by atoms with E-state index in [9.17, 15) is 19.7 Å². The highest BCUT2D eigenvalue weighted by molar-refractivity contribution is 5.97. The Bertz CT molecular complexity index is 1020. The molecule has 1 atom stereocenters. The Morgan fingerprint density at radius 2 is 1.42 bits per heavy atom. The number of hydrogen-bond donors (Lipinski definition) is 2. The molecule has 0 aliphatic heterocycles. The molecule has 3 rings (SSSR count). The minimum absolute atomic E-state index is 0.101. The van der Waals surface area contributed by atoms with Crippen molar-refractivity contribution < 1.29 is 14.5 Å². The molecule has 0 aliphatic carbocycles. The van der Waals surface area contributed by atoms with Crippen LogP contribution in [0.2, 0.25) is 0 Å². The normalized spacial score (nSPS) is 11.4. The van der Waals surface area contributed by atoms with Crippen LogP contribution in [0.5, 0.6) is 0 Å². The third-order valence-corrected chi connectivity index (χ3v) is 4.80. The largest absolute Gasteiger partial charge is 0.354 e. The van der Waals surface area contributed by atoms with E-state index in [1.165, 1.54) is 24.3 Å². The lowest BCUT2D eigenvalue weighted by Crippen LogP contribution is -2.48. The molecule has 2 amide bonds. The van der Waals surface area contributed by atoms with Crippen LogP contribution in [0.25, 0.3) is 0 Å². The molecule has 3 aromatic carbocycles. The van der Waals surface area contributed by atoms with Gasteiger partial charge in [0.1, 0.15) is 6.04 Å². The minimum Gasteiger partial charge on any atom is -0.354 e. The smallest absolute Gasteiger partial charge is 0.269 e. The van der Waals surface area contributed by atoms with Gasteiger partial charge in [-0.3, -0.25) is 19.7 Å². The van der Waals surface area contributed by atoms with Gasteiger partial charge in [-0.2, -0.15) is 0 Å². The fourth-order valence-electron chi connectivity index (χ4n) is 3.13. The Balaban J connectivity index is 1.67. The fraction of sp³-hybridized carbons (Fsp3) is 0.167. The number of benzene rings is 3. The van der Waals surface area contributed by atoms with Gasteiger partial charge in [0.2, 0.25) is 5.91 Å². The van der Waals surface area contributed by atoms with Gasteiger partial charge in [-0.15, -0.1) is 0 Å². The van der Waals surface area contributed by atoms with Crippen molar-refractivity contribution in [2.45, 2.75) is 18.9 Å². The summed E-state index contributed by atoms with van der Waals surface area (Å²) in [6.07, 6.45) is 1.01. The number of carbonyl (C=O) groups excluding carboxylic acids is 2. The third kappa shape index (κ3) is 6.50. The third-order valence-electron chi connectivity index (χ3n) is 4.80. The van der Waals surface area contributed by atoms with Crippen LogP contribution in [0.3, 0.4) is 0 Å². The van der Waals surface area contributed by atoms with Crippen molar-refractivity contribution in [2.24, 2.45) is 0 Å². The first-order valence-electron chi connectivity index (χ1n) is 9.94. The average Bonchev–Trinajstić information content (AvgIpc) is 2.80. The summed E-state index contributed by atoms with van der Waals surface area (Å²) in [6, 6.07) is 23.7. The van der Waals surface area contributed by atoms with Crippen molar-refractivity contribution in [2.75, 3.05) is 6.54 Å². The van der Waals surface area contributed by atoms with Crippen LogP contribution < -0.4 is 10.6 Å². The van der Waals surface area contributed by atoms with Gasteiger partial charge in [0.15, 0.2) is 0 Å². The van der Waals surface area contributed by atoms with Crippen LogP contribution in [0.1, 0.15) is 21.5 Å². The van der Waals surface area contributed by atoms with Crippen molar-refractivity contribution in [1.29, 1.82) is 0 Å².